The second-order valence-electron chi connectivity index (χ2n) is 5.03. The molecule has 112 valence electrons. The summed E-state index contributed by atoms with van der Waals surface area (Å²) in [6.07, 6.45) is 0. The maximum absolute atomic E-state index is 12.2. The number of hydrogen-bond acceptors (Lipinski definition) is 3. The van der Waals surface area contributed by atoms with E-state index in [1.165, 1.54) is 0 Å². The van der Waals surface area contributed by atoms with Crippen LogP contribution in [0.25, 0.3) is 0 Å². The molecule has 0 aromatic heterocycles. The van der Waals surface area contributed by atoms with Gasteiger partial charge in [-0.15, -0.1) is 0 Å². The van der Waals surface area contributed by atoms with Gasteiger partial charge in [-0.3, -0.25) is 0 Å². The molecular weight excluding hydrogens is 268 g/mol. The van der Waals surface area contributed by atoms with Crippen LogP contribution in [-0.2, 0) is 9.53 Å². The predicted molar refractivity (Wildman–Crippen MR) is 79.6 cm³/mol. The van der Waals surface area contributed by atoms with E-state index in [0.29, 0.717) is 17.9 Å². The Bertz CT molecular complexity index is 566. The topological polar surface area (TPSA) is 67.4 Å². The standard InChI is InChI=1S/C16H20N2O3/c1-4-21-15(19)13-11(3)17-16(20)18-14(13)10(2)12-8-6-5-7-9-12/h5-10,14H,4H2,1-3H3,(H2,17,18,20). The van der Waals surface area contributed by atoms with Crippen LogP contribution in [-0.4, -0.2) is 24.6 Å². The van der Waals surface area contributed by atoms with Crippen molar-refractivity contribution in [3.8, 4) is 0 Å². The molecule has 0 aliphatic carbocycles. The molecule has 5 heteroatoms. The Hall–Kier alpha value is -2.30. The number of ether oxygens (including phenoxy) is 1. The molecule has 1 aromatic rings. The SMILES string of the molecule is CCOC(=O)C1=C(C)NC(=O)NC1C(C)c1ccccc1. The summed E-state index contributed by atoms with van der Waals surface area (Å²) in [4.78, 5) is 23.9. The van der Waals surface area contributed by atoms with Crippen LogP contribution >= 0.6 is 0 Å². The summed E-state index contributed by atoms with van der Waals surface area (Å²) in [6, 6.07) is 9.08. The Morgan fingerprint density at radius 3 is 2.62 bits per heavy atom. The van der Waals surface area contributed by atoms with Crippen molar-refractivity contribution in [3.63, 3.8) is 0 Å². The summed E-state index contributed by atoms with van der Waals surface area (Å²) in [5.74, 6) is -0.429. The van der Waals surface area contributed by atoms with Gasteiger partial charge < -0.3 is 15.4 Å². The van der Waals surface area contributed by atoms with Crippen LogP contribution in [0.1, 0.15) is 32.3 Å². The van der Waals surface area contributed by atoms with E-state index < -0.39 is 12.0 Å². The molecule has 0 fully saturated rings. The van der Waals surface area contributed by atoms with Crippen LogP contribution in [0.5, 0.6) is 0 Å². The fourth-order valence-electron chi connectivity index (χ4n) is 2.53. The molecule has 0 saturated heterocycles. The van der Waals surface area contributed by atoms with Crippen LogP contribution in [0.2, 0.25) is 0 Å². The smallest absolute Gasteiger partial charge is 0.337 e. The van der Waals surface area contributed by atoms with E-state index in [1.807, 2.05) is 37.3 Å². The van der Waals surface area contributed by atoms with Crippen LogP contribution in [0.15, 0.2) is 41.6 Å². The third kappa shape index (κ3) is 3.24. The zero-order valence-corrected chi connectivity index (χ0v) is 12.5. The number of esters is 1. The molecular formula is C16H20N2O3. The minimum absolute atomic E-state index is 0.0355. The molecule has 0 radical (unpaired) electrons. The average molecular weight is 288 g/mol. The van der Waals surface area contributed by atoms with E-state index >= 15 is 0 Å². The Labute approximate surface area is 124 Å². The van der Waals surface area contributed by atoms with Crippen molar-refractivity contribution in [1.82, 2.24) is 10.6 Å². The molecule has 1 heterocycles. The van der Waals surface area contributed by atoms with Crippen molar-refractivity contribution in [3.05, 3.63) is 47.2 Å². The zero-order valence-electron chi connectivity index (χ0n) is 12.5. The summed E-state index contributed by atoms with van der Waals surface area (Å²) in [7, 11) is 0. The molecule has 21 heavy (non-hydrogen) atoms. The predicted octanol–water partition coefficient (Wildman–Crippen LogP) is 2.31. The third-order valence-corrected chi connectivity index (χ3v) is 3.62. The first-order valence-corrected chi connectivity index (χ1v) is 7.05. The average Bonchev–Trinajstić information content (AvgIpc) is 2.46. The molecule has 0 spiro atoms. The number of benzene rings is 1. The summed E-state index contributed by atoms with van der Waals surface area (Å²) in [5, 5.41) is 5.46. The number of urea groups is 1. The van der Waals surface area contributed by atoms with Gasteiger partial charge in [-0.05, 0) is 19.4 Å². The Morgan fingerprint density at radius 2 is 2.00 bits per heavy atom. The minimum atomic E-state index is -0.403. The minimum Gasteiger partial charge on any atom is -0.463 e. The number of carbonyl (C=O) groups excluding carboxylic acids is 2. The molecule has 2 atom stereocenters. The summed E-state index contributed by atoms with van der Waals surface area (Å²) in [5.41, 5.74) is 2.08. The van der Waals surface area contributed by atoms with Crippen LogP contribution in [0.3, 0.4) is 0 Å². The van der Waals surface area contributed by atoms with Crippen molar-refractivity contribution < 1.29 is 14.3 Å². The van der Waals surface area contributed by atoms with Crippen molar-refractivity contribution in [1.29, 1.82) is 0 Å². The number of rotatable bonds is 4. The van der Waals surface area contributed by atoms with E-state index in [1.54, 1.807) is 13.8 Å². The molecule has 5 nitrogen and oxygen atoms in total. The normalized spacial score (nSPS) is 19.6. The molecule has 2 N–H and O–H groups in total. The molecule has 1 aliphatic heterocycles. The van der Waals surface area contributed by atoms with Crippen LogP contribution < -0.4 is 10.6 Å². The van der Waals surface area contributed by atoms with Crippen molar-refractivity contribution in [2.24, 2.45) is 0 Å². The van der Waals surface area contributed by atoms with Crippen molar-refractivity contribution in [2.45, 2.75) is 32.7 Å². The molecule has 2 rings (SSSR count). The maximum atomic E-state index is 12.2. The number of allylic oxidation sites excluding steroid dienone is 1. The van der Waals surface area contributed by atoms with Gasteiger partial charge in [0.2, 0.25) is 0 Å². The zero-order chi connectivity index (χ0) is 15.4. The fraction of sp³-hybridized carbons (Fsp3) is 0.375. The first-order valence-electron chi connectivity index (χ1n) is 7.05. The van der Waals surface area contributed by atoms with Crippen LogP contribution in [0, 0.1) is 0 Å². The highest BCUT2D eigenvalue weighted by Gasteiger charge is 2.34. The second-order valence-corrected chi connectivity index (χ2v) is 5.03. The number of carbonyl (C=O) groups is 2. The van der Waals surface area contributed by atoms with Crippen molar-refractivity contribution in [2.75, 3.05) is 6.61 Å². The summed E-state index contributed by atoms with van der Waals surface area (Å²) < 4.78 is 5.12. The lowest BCUT2D eigenvalue weighted by Crippen LogP contribution is -2.52. The first kappa shape index (κ1) is 15.1. The summed E-state index contributed by atoms with van der Waals surface area (Å²) in [6.45, 7) is 5.77. The van der Waals surface area contributed by atoms with E-state index in [0.717, 1.165) is 5.56 Å². The Morgan fingerprint density at radius 1 is 1.33 bits per heavy atom. The van der Waals surface area contributed by atoms with E-state index in [4.69, 9.17) is 4.74 Å². The Kier molecular flexibility index (Phi) is 4.62. The van der Waals surface area contributed by atoms with E-state index in [2.05, 4.69) is 10.6 Å². The van der Waals surface area contributed by atoms with Gasteiger partial charge in [0.15, 0.2) is 0 Å². The molecule has 0 saturated carbocycles. The van der Waals surface area contributed by atoms with Gasteiger partial charge in [0.05, 0.1) is 18.2 Å². The highest BCUT2D eigenvalue weighted by atomic mass is 16.5. The molecule has 2 amide bonds. The van der Waals surface area contributed by atoms with Gasteiger partial charge in [0.25, 0.3) is 0 Å². The van der Waals surface area contributed by atoms with Gasteiger partial charge in [-0.1, -0.05) is 37.3 Å². The van der Waals surface area contributed by atoms with Gasteiger partial charge in [0, 0.05) is 11.6 Å². The lowest BCUT2D eigenvalue weighted by molar-refractivity contribution is -0.139. The maximum Gasteiger partial charge on any atom is 0.337 e. The third-order valence-electron chi connectivity index (χ3n) is 3.62. The lowest BCUT2D eigenvalue weighted by atomic mass is 9.86. The van der Waals surface area contributed by atoms with E-state index in [9.17, 15) is 9.59 Å². The molecule has 1 aliphatic rings. The van der Waals surface area contributed by atoms with Gasteiger partial charge in [-0.25, -0.2) is 9.59 Å². The highest BCUT2D eigenvalue weighted by molar-refractivity contribution is 5.94. The van der Waals surface area contributed by atoms with Gasteiger partial charge >= 0.3 is 12.0 Å². The highest BCUT2D eigenvalue weighted by Crippen LogP contribution is 2.27. The fourth-order valence-corrected chi connectivity index (χ4v) is 2.53. The van der Waals surface area contributed by atoms with Crippen molar-refractivity contribution >= 4 is 12.0 Å². The summed E-state index contributed by atoms with van der Waals surface area (Å²) >= 11 is 0. The molecule has 2 unspecified atom stereocenters. The van der Waals surface area contributed by atoms with Gasteiger partial charge in [0.1, 0.15) is 0 Å². The molecule has 1 aromatic carbocycles. The number of nitrogens with one attached hydrogen (secondary N) is 2. The van der Waals surface area contributed by atoms with Crippen LogP contribution in [0.4, 0.5) is 4.79 Å². The number of amides is 2. The van der Waals surface area contributed by atoms with Gasteiger partial charge in [-0.2, -0.15) is 0 Å². The monoisotopic (exact) mass is 288 g/mol. The Balaban J connectivity index is 2.36. The quantitative estimate of drug-likeness (QED) is 0.835. The first-order chi connectivity index (χ1) is 10.0. The van der Waals surface area contributed by atoms with E-state index in [-0.39, 0.29) is 11.9 Å². The molecule has 0 bridgehead atoms. The largest absolute Gasteiger partial charge is 0.463 e. The lowest BCUT2D eigenvalue weighted by Gasteiger charge is -2.32. The number of hydrogen-bond donors (Lipinski definition) is 2. The second kappa shape index (κ2) is 6.43.